The van der Waals surface area contributed by atoms with Crippen molar-refractivity contribution in [1.82, 2.24) is 0 Å². The summed E-state index contributed by atoms with van der Waals surface area (Å²) < 4.78 is 51.2. The third kappa shape index (κ3) is 4.49. The van der Waals surface area contributed by atoms with E-state index in [1.54, 1.807) is 24.3 Å². The van der Waals surface area contributed by atoms with Crippen LogP contribution in [0.4, 0.5) is 0 Å². The Hall–Kier alpha value is -1.67. The zero-order valence-corrected chi connectivity index (χ0v) is 15.9. The number of ether oxygens (including phenoxy) is 2. The summed E-state index contributed by atoms with van der Waals surface area (Å²) in [4.78, 5) is 0. The third-order valence-corrected chi connectivity index (χ3v) is 4.60. The van der Waals surface area contributed by atoms with Crippen molar-refractivity contribution in [1.29, 1.82) is 0 Å². The molecule has 0 radical (unpaired) electrons. The van der Waals surface area contributed by atoms with Crippen LogP contribution in [-0.2, 0) is 11.2 Å². The molecule has 0 unspecified atom stereocenters. The standard InChI is InChI=1S/C21H25ClO6/c1-2-27-15-6-3-12(4-7-15)9-14-10-13(5-8-16(14)22)21-20(26)19(25)18(24)17(11-23)28-21/h3-8,10,17-21,23-26H,2,9,11H2,1H3/t17-,18-,19+,20-,21+/m1/s1/i17D,18D,19D,20D,21D. The molecule has 0 saturated carbocycles. The quantitative estimate of drug-likeness (QED) is 0.576. The van der Waals surface area contributed by atoms with Gasteiger partial charge in [0.2, 0.25) is 0 Å². The van der Waals surface area contributed by atoms with E-state index in [1.807, 2.05) is 6.92 Å². The number of benzene rings is 2. The number of hydrogen-bond donors (Lipinski definition) is 4. The first-order valence-electron chi connectivity index (χ1n) is 11.2. The van der Waals surface area contributed by atoms with Crippen LogP contribution in [0.3, 0.4) is 0 Å². The van der Waals surface area contributed by atoms with Gasteiger partial charge in [-0.3, -0.25) is 0 Å². The van der Waals surface area contributed by atoms with E-state index in [0.29, 0.717) is 17.9 Å². The summed E-state index contributed by atoms with van der Waals surface area (Å²) in [6.45, 7) is 0.964. The van der Waals surface area contributed by atoms with Crippen LogP contribution >= 0.6 is 11.6 Å². The van der Waals surface area contributed by atoms with Crippen LogP contribution in [0.25, 0.3) is 0 Å². The van der Waals surface area contributed by atoms with Crippen molar-refractivity contribution in [2.45, 2.75) is 43.7 Å². The Bertz CT molecular complexity index is 1020. The lowest BCUT2D eigenvalue weighted by molar-refractivity contribution is -0.231. The predicted molar refractivity (Wildman–Crippen MR) is 105 cm³/mol. The third-order valence-electron chi connectivity index (χ3n) is 4.23. The lowest BCUT2D eigenvalue weighted by Crippen LogP contribution is -2.55. The summed E-state index contributed by atoms with van der Waals surface area (Å²) in [7, 11) is 0. The molecule has 5 atom stereocenters. The van der Waals surface area contributed by atoms with E-state index in [2.05, 4.69) is 0 Å². The number of aliphatic hydroxyl groups excluding tert-OH is 1. The van der Waals surface area contributed by atoms with Gasteiger partial charge < -0.3 is 29.9 Å². The van der Waals surface area contributed by atoms with Crippen LogP contribution in [0.5, 0.6) is 5.75 Å². The number of aliphatic hydroxyl groups is 4. The SMILES string of the molecule is [2H][C@]1(O)[C@]([2H])(O)[C@@]([2H])(CO)O[C@@]([2H])(c2ccc(Cl)c(Cc3ccc(OCC)cc3)c2)[C@]1([2H])O. The topological polar surface area (TPSA) is 99.4 Å². The molecule has 0 bridgehead atoms. The van der Waals surface area contributed by atoms with Crippen molar-refractivity contribution in [3.8, 4) is 5.75 Å². The minimum atomic E-state index is -3.82. The molecule has 1 aliphatic rings. The molecular weight excluding hydrogens is 384 g/mol. The molecule has 1 fully saturated rings. The first-order valence-corrected chi connectivity index (χ1v) is 9.03. The first-order chi connectivity index (χ1) is 15.2. The van der Waals surface area contributed by atoms with Crippen LogP contribution in [0.1, 0.15) is 36.5 Å². The fraction of sp³-hybridized carbons (Fsp3) is 0.429. The highest BCUT2D eigenvalue weighted by molar-refractivity contribution is 6.31. The molecule has 0 aliphatic carbocycles. The van der Waals surface area contributed by atoms with Gasteiger partial charge in [0.1, 0.15) is 36.1 Å². The Morgan fingerprint density at radius 2 is 1.79 bits per heavy atom. The van der Waals surface area contributed by atoms with E-state index in [0.717, 1.165) is 5.56 Å². The highest BCUT2D eigenvalue weighted by Crippen LogP contribution is 2.34. The summed E-state index contributed by atoms with van der Waals surface area (Å²) in [5.41, 5.74) is 0.964. The average Bonchev–Trinajstić information content (AvgIpc) is 2.75. The zero-order valence-electron chi connectivity index (χ0n) is 20.1. The molecular formula is C21H25ClO6. The van der Waals surface area contributed by atoms with Gasteiger partial charge in [0.15, 0.2) is 0 Å². The second-order valence-electron chi connectivity index (χ2n) is 6.12. The molecule has 1 aliphatic heterocycles. The van der Waals surface area contributed by atoms with E-state index in [4.69, 9.17) is 27.9 Å². The maximum atomic E-state index is 10.7. The Labute approximate surface area is 175 Å². The maximum Gasteiger partial charge on any atom is 0.119 e. The van der Waals surface area contributed by atoms with Gasteiger partial charge in [0, 0.05) is 5.02 Å². The van der Waals surface area contributed by atoms with Gasteiger partial charge in [0.05, 0.1) is 20.1 Å². The number of rotatable bonds is 6. The molecule has 0 aromatic heterocycles. The van der Waals surface area contributed by atoms with Crippen molar-refractivity contribution in [3.05, 3.63) is 64.2 Å². The van der Waals surface area contributed by atoms with Crippen molar-refractivity contribution in [2.75, 3.05) is 13.2 Å². The van der Waals surface area contributed by atoms with Gasteiger partial charge in [-0.2, -0.15) is 0 Å². The molecule has 2 aromatic rings. The molecule has 3 rings (SSSR count). The zero-order chi connectivity index (χ0) is 24.9. The molecule has 28 heavy (non-hydrogen) atoms. The van der Waals surface area contributed by atoms with Crippen LogP contribution in [0.15, 0.2) is 42.5 Å². The largest absolute Gasteiger partial charge is 0.494 e. The van der Waals surface area contributed by atoms with Crippen molar-refractivity contribution < 1.29 is 36.8 Å². The molecule has 152 valence electrons. The summed E-state index contributed by atoms with van der Waals surface area (Å²) in [5.74, 6) is 0.675. The van der Waals surface area contributed by atoms with Gasteiger partial charge in [-0.05, 0) is 48.2 Å². The number of hydrogen-bond acceptors (Lipinski definition) is 6. The van der Waals surface area contributed by atoms with Gasteiger partial charge in [-0.15, -0.1) is 0 Å². The fourth-order valence-corrected chi connectivity index (χ4v) is 3.00. The lowest BCUT2D eigenvalue weighted by atomic mass is 9.90. The molecule has 1 heterocycles. The number of halogens is 1. The van der Waals surface area contributed by atoms with E-state index < -0.39 is 37.0 Å². The second-order valence-corrected chi connectivity index (χ2v) is 6.53. The van der Waals surface area contributed by atoms with Crippen LogP contribution in [0, 0.1) is 0 Å². The minimum Gasteiger partial charge on any atom is -0.494 e. The highest BCUT2D eigenvalue weighted by atomic mass is 35.5. The smallest absolute Gasteiger partial charge is 0.119 e. The summed E-state index contributed by atoms with van der Waals surface area (Å²) in [6.07, 6.45) is -17.1. The summed E-state index contributed by atoms with van der Waals surface area (Å²) in [6, 6.07) is 11.0. The van der Waals surface area contributed by atoms with Gasteiger partial charge >= 0.3 is 0 Å². The normalized spacial score (nSPS) is 43.3. The molecule has 0 amide bonds. The Morgan fingerprint density at radius 3 is 2.43 bits per heavy atom. The summed E-state index contributed by atoms with van der Waals surface area (Å²) in [5, 5.41) is 41.2. The van der Waals surface area contributed by atoms with Gasteiger partial charge in [-0.25, -0.2) is 0 Å². The molecule has 6 nitrogen and oxygen atoms in total. The first kappa shape index (κ1) is 15.2. The van der Waals surface area contributed by atoms with E-state index >= 15 is 0 Å². The lowest BCUT2D eigenvalue weighted by Gasteiger charge is -2.40. The van der Waals surface area contributed by atoms with E-state index in [-0.39, 0.29) is 17.0 Å². The highest BCUT2D eigenvalue weighted by Gasteiger charge is 2.43. The molecule has 2 aromatic carbocycles. The minimum absolute atomic E-state index is 0.255. The van der Waals surface area contributed by atoms with Crippen LogP contribution in [-0.4, -0.2) is 58.0 Å². The molecule has 4 N–H and O–H groups in total. The molecule has 1 saturated heterocycles. The second kappa shape index (κ2) is 9.22. The fourth-order valence-electron chi connectivity index (χ4n) is 2.82. The Balaban J connectivity index is 2.06. The Kier molecular flexibility index (Phi) is 5.01. The summed E-state index contributed by atoms with van der Waals surface area (Å²) >= 11 is 6.30. The predicted octanol–water partition coefficient (Wildman–Crippen LogP) is 1.84. The Morgan fingerprint density at radius 1 is 1.07 bits per heavy atom. The maximum absolute atomic E-state index is 10.7. The van der Waals surface area contributed by atoms with E-state index in [1.165, 1.54) is 18.2 Å². The molecule has 7 heteroatoms. The average molecular weight is 414 g/mol. The monoisotopic (exact) mass is 413 g/mol. The van der Waals surface area contributed by atoms with Crippen molar-refractivity contribution >= 4 is 11.6 Å². The van der Waals surface area contributed by atoms with Crippen LogP contribution < -0.4 is 4.74 Å². The van der Waals surface area contributed by atoms with Crippen LogP contribution in [0.2, 0.25) is 5.02 Å². The van der Waals surface area contributed by atoms with Gasteiger partial charge in [-0.1, -0.05) is 35.9 Å². The molecule has 0 spiro atoms. The van der Waals surface area contributed by atoms with E-state index in [9.17, 15) is 20.4 Å². The van der Waals surface area contributed by atoms with Crippen molar-refractivity contribution in [2.24, 2.45) is 0 Å². The van der Waals surface area contributed by atoms with Gasteiger partial charge in [0.25, 0.3) is 0 Å². The van der Waals surface area contributed by atoms with Crippen molar-refractivity contribution in [3.63, 3.8) is 0 Å².